The van der Waals surface area contributed by atoms with E-state index in [4.69, 9.17) is 10.7 Å². The van der Waals surface area contributed by atoms with E-state index in [0.29, 0.717) is 5.92 Å². The summed E-state index contributed by atoms with van der Waals surface area (Å²) in [6.07, 6.45) is 5.39. The third kappa shape index (κ3) is 3.26. The topological polar surface area (TPSA) is 64.8 Å². The molecule has 0 radical (unpaired) electrons. The molecule has 1 aliphatic carbocycles. The van der Waals surface area contributed by atoms with Gasteiger partial charge >= 0.3 is 0 Å². The minimum atomic E-state index is -3.88. The minimum Gasteiger partial charge on any atom is -0.298 e. The summed E-state index contributed by atoms with van der Waals surface area (Å²) >= 11 is 0. The van der Waals surface area contributed by atoms with Crippen molar-refractivity contribution in [2.75, 3.05) is 0 Å². The van der Waals surface area contributed by atoms with Gasteiger partial charge in [0.1, 0.15) is 5.82 Å². The molecule has 1 fully saturated rings. The van der Waals surface area contributed by atoms with E-state index in [1.807, 2.05) is 13.8 Å². The molecule has 7 heteroatoms. The Bertz CT molecular complexity index is 602. The van der Waals surface area contributed by atoms with E-state index < -0.39 is 9.05 Å². The molecule has 0 aromatic carbocycles. The Hall–Kier alpha value is -0.620. The van der Waals surface area contributed by atoms with E-state index in [1.165, 1.54) is 0 Å². The fourth-order valence-corrected chi connectivity index (χ4v) is 4.61. The molecule has 1 aromatic heterocycles. The van der Waals surface area contributed by atoms with Crippen LogP contribution >= 0.6 is 10.7 Å². The second kappa shape index (κ2) is 5.88. The molecule has 2 rings (SSSR count). The van der Waals surface area contributed by atoms with Gasteiger partial charge < -0.3 is 0 Å². The van der Waals surface area contributed by atoms with Gasteiger partial charge in [0.2, 0.25) is 0 Å². The normalized spacial score (nSPS) is 18.8. The molecule has 0 N–H and O–H groups in total. The zero-order valence-corrected chi connectivity index (χ0v) is 14.7. The molecule has 0 amide bonds. The van der Waals surface area contributed by atoms with E-state index >= 15 is 0 Å². The van der Waals surface area contributed by atoms with Gasteiger partial charge in [0, 0.05) is 22.1 Å². The highest BCUT2D eigenvalue weighted by molar-refractivity contribution is 8.13. The number of rotatable bonds is 5. The summed E-state index contributed by atoms with van der Waals surface area (Å²) in [4.78, 5) is 0. The van der Waals surface area contributed by atoms with Crippen LogP contribution in [0.5, 0.6) is 0 Å². The van der Waals surface area contributed by atoms with Crippen LogP contribution in [0.4, 0.5) is 0 Å². The Morgan fingerprint density at radius 3 is 2.19 bits per heavy atom. The quantitative estimate of drug-likeness (QED) is 0.771. The molecule has 0 saturated heterocycles. The number of hydrogen-bond acceptors (Lipinski definition) is 4. The second-order valence-corrected chi connectivity index (χ2v) is 9.25. The lowest BCUT2D eigenvalue weighted by molar-refractivity contribution is 0.307. The van der Waals surface area contributed by atoms with E-state index in [-0.39, 0.29) is 16.6 Å². The van der Waals surface area contributed by atoms with Crippen molar-refractivity contribution in [1.29, 1.82) is 0 Å². The van der Waals surface area contributed by atoms with Crippen LogP contribution in [0.25, 0.3) is 0 Å². The molecule has 120 valence electrons. The van der Waals surface area contributed by atoms with Crippen molar-refractivity contribution in [3.05, 3.63) is 5.82 Å². The summed E-state index contributed by atoms with van der Waals surface area (Å²) in [6, 6.07) is -0.0387. The van der Waals surface area contributed by atoms with Gasteiger partial charge in [-0.15, -0.1) is 10.2 Å². The maximum atomic E-state index is 11.8. The van der Waals surface area contributed by atoms with Crippen LogP contribution in [-0.2, 0) is 14.5 Å². The predicted octanol–water partition coefficient (Wildman–Crippen LogP) is 3.64. The predicted molar refractivity (Wildman–Crippen MR) is 83.0 cm³/mol. The summed E-state index contributed by atoms with van der Waals surface area (Å²) < 4.78 is 25.2. The molecule has 1 aromatic rings. The van der Waals surface area contributed by atoms with Crippen molar-refractivity contribution in [3.8, 4) is 0 Å². The van der Waals surface area contributed by atoms with Gasteiger partial charge in [-0.05, 0) is 39.0 Å². The maximum Gasteiger partial charge on any atom is 0.296 e. The second-order valence-electron chi connectivity index (χ2n) is 6.79. The van der Waals surface area contributed by atoms with Gasteiger partial charge in [0.25, 0.3) is 14.2 Å². The number of aromatic nitrogens is 3. The van der Waals surface area contributed by atoms with E-state index in [2.05, 4.69) is 24.0 Å². The molecule has 0 spiro atoms. The van der Waals surface area contributed by atoms with Gasteiger partial charge in [0.15, 0.2) is 0 Å². The first kappa shape index (κ1) is 16.7. The lowest BCUT2D eigenvalue weighted by atomic mass is 9.77. The Morgan fingerprint density at radius 2 is 1.76 bits per heavy atom. The van der Waals surface area contributed by atoms with Gasteiger partial charge in [-0.3, -0.25) is 4.57 Å². The molecule has 0 aliphatic heterocycles. The lowest BCUT2D eigenvalue weighted by Crippen LogP contribution is -2.30. The highest BCUT2D eigenvalue weighted by Crippen LogP contribution is 2.46. The average Bonchev–Trinajstić information content (AvgIpc) is 2.92. The van der Waals surface area contributed by atoms with Crippen molar-refractivity contribution in [2.24, 2.45) is 5.92 Å². The first-order valence-corrected chi connectivity index (χ1v) is 9.88. The molecule has 1 aliphatic rings. The van der Waals surface area contributed by atoms with Crippen molar-refractivity contribution in [1.82, 2.24) is 14.8 Å². The molecular formula is C14H24ClN3O2S. The maximum absolute atomic E-state index is 11.8. The van der Waals surface area contributed by atoms with Crippen LogP contribution in [0.1, 0.15) is 71.7 Å². The SMILES string of the molecule is CC(C)CC1(c2nnc(S(=O)(=O)Cl)n2C(C)C)CCCC1. The van der Waals surface area contributed by atoms with Crippen molar-refractivity contribution in [3.63, 3.8) is 0 Å². The zero-order valence-electron chi connectivity index (χ0n) is 13.1. The summed E-state index contributed by atoms with van der Waals surface area (Å²) in [7, 11) is 1.65. The van der Waals surface area contributed by atoms with Crippen LogP contribution in [0.3, 0.4) is 0 Å². The smallest absolute Gasteiger partial charge is 0.296 e. The number of halogens is 1. The van der Waals surface area contributed by atoms with Gasteiger partial charge in [0.05, 0.1) is 0 Å². The zero-order chi connectivity index (χ0) is 15.8. The largest absolute Gasteiger partial charge is 0.298 e. The van der Waals surface area contributed by atoms with Crippen molar-refractivity contribution in [2.45, 2.75) is 76.4 Å². The fourth-order valence-electron chi connectivity index (χ4n) is 3.62. The molecule has 0 unspecified atom stereocenters. The van der Waals surface area contributed by atoms with Crippen molar-refractivity contribution < 1.29 is 8.42 Å². The Kier molecular flexibility index (Phi) is 4.69. The first-order chi connectivity index (χ1) is 9.67. The summed E-state index contributed by atoms with van der Waals surface area (Å²) in [6.45, 7) is 8.26. The lowest BCUT2D eigenvalue weighted by Gasteiger charge is -2.31. The van der Waals surface area contributed by atoms with E-state index in [1.54, 1.807) is 4.57 Å². The summed E-state index contributed by atoms with van der Waals surface area (Å²) in [5.41, 5.74) is -0.0642. The Labute approximate surface area is 131 Å². The van der Waals surface area contributed by atoms with Gasteiger partial charge in [-0.1, -0.05) is 26.7 Å². The number of nitrogens with zero attached hydrogens (tertiary/aromatic N) is 3. The van der Waals surface area contributed by atoms with Crippen LogP contribution in [0.2, 0.25) is 0 Å². The van der Waals surface area contributed by atoms with Crippen LogP contribution < -0.4 is 0 Å². The molecule has 5 nitrogen and oxygen atoms in total. The minimum absolute atomic E-state index is 0.0387. The third-order valence-corrected chi connectivity index (χ3v) is 5.36. The fraction of sp³-hybridized carbons (Fsp3) is 0.857. The van der Waals surface area contributed by atoms with Crippen molar-refractivity contribution >= 4 is 19.7 Å². The monoisotopic (exact) mass is 333 g/mol. The molecule has 0 atom stereocenters. The van der Waals surface area contributed by atoms with Gasteiger partial charge in [-0.2, -0.15) is 0 Å². The van der Waals surface area contributed by atoms with E-state index in [0.717, 1.165) is 37.9 Å². The molecule has 1 saturated carbocycles. The molecule has 21 heavy (non-hydrogen) atoms. The molecule has 0 bridgehead atoms. The average molecular weight is 334 g/mol. The first-order valence-electron chi connectivity index (χ1n) is 7.57. The molecule has 1 heterocycles. The number of hydrogen-bond donors (Lipinski definition) is 0. The summed E-state index contributed by atoms with van der Waals surface area (Å²) in [5.74, 6) is 1.32. The standard InChI is InChI=1S/C14H24ClN3O2S/c1-10(2)9-14(7-5-6-8-14)12-16-17-13(21(15,19)20)18(12)11(3)4/h10-11H,5-9H2,1-4H3. The third-order valence-electron chi connectivity index (χ3n) is 4.23. The molecular weight excluding hydrogens is 310 g/mol. The highest BCUT2D eigenvalue weighted by atomic mass is 35.7. The van der Waals surface area contributed by atoms with E-state index in [9.17, 15) is 8.42 Å². The van der Waals surface area contributed by atoms with Crippen LogP contribution in [0, 0.1) is 5.92 Å². The highest BCUT2D eigenvalue weighted by Gasteiger charge is 2.42. The Balaban J connectivity index is 2.59. The van der Waals surface area contributed by atoms with Crippen LogP contribution in [-0.4, -0.2) is 23.2 Å². The van der Waals surface area contributed by atoms with Gasteiger partial charge in [-0.25, -0.2) is 8.42 Å². The summed E-state index contributed by atoms with van der Waals surface area (Å²) in [5, 5.41) is 8.04. The van der Waals surface area contributed by atoms with Crippen LogP contribution in [0.15, 0.2) is 5.16 Å². The Morgan fingerprint density at radius 1 is 1.19 bits per heavy atom.